The van der Waals surface area contributed by atoms with Crippen molar-refractivity contribution in [3.63, 3.8) is 0 Å². The minimum Gasteiger partial charge on any atom is -0.493 e. The Kier molecular flexibility index (Phi) is 5.51. The molecular weight excluding hydrogens is 330 g/mol. The molecular formula is C17H20BrNO2. The molecule has 0 amide bonds. The first-order valence-corrected chi connectivity index (χ1v) is 7.71. The summed E-state index contributed by atoms with van der Waals surface area (Å²) in [6.45, 7) is 4.73. The maximum absolute atomic E-state index is 5.72. The molecule has 0 saturated carbocycles. The summed E-state index contributed by atoms with van der Waals surface area (Å²) in [6.07, 6.45) is 0.128. The summed E-state index contributed by atoms with van der Waals surface area (Å²) >= 11 is 3.53. The van der Waals surface area contributed by atoms with E-state index >= 15 is 0 Å². The number of hydrogen-bond acceptors (Lipinski definition) is 3. The van der Waals surface area contributed by atoms with Gasteiger partial charge in [-0.1, -0.05) is 18.2 Å². The molecule has 0 radical (unpaired) electrons. The van der Waals surface area contributed by atoms with Crippen LogP contribution >= 0.6 is 15.9 Å². The SMILES string of the molecule is COc1cc(CNc2ccccc2Br)ccc1OC(C)C. The van der Waals surface area contributed by atoms with E-state index in [2.05, 4.69) is 21.2 Å². The average Bonchev–Trinajstić information content (AvgIpc) is 2.47. The van der Waals surface area contributed by atoms with Crippen molar-refractivity contribution in [1.82, 2.24) is 0 Å². The van der Waals surface area contributed by atoms with E-state index in [9.17, 15) is 0 Å². The first-order valence-electron chi connectivity index (χ1n) is 6.92. The van der Waals surface area contributed by atoms with Crippen LogP contribution in [0.3, 0.4) is 0 Å². The minimum atomic E-state index is 0.128. The van der Waals surface area contributed by atoms with Crippen molar-refractivity contribution in [3.8, 4) is 11.5 Å². The van der Waals surface area contributed by atoms with Gasteiger partial charge in [0.15, 0.2) is 11.5 Å². The molecule has 0 aromatic heterocycles. The molecule has 0 spiro atoms. The summed E-state index contributed by atoms with van der Waals surface area (Å²) in [5.74, 6) is 1.53. The molecule has 2 aromatic carbocycles. The Morgan fingerprint density at radius 1 is 1.10 bits per heavy atom. The molecule has 0 unspecified atom stereocenters. The predicted octanol–water partition coefficient (Wildman–Crippen LogP) is 4.86. The Morgan fingerprint density at radius 3 is 2.52 bits per heavy atom. The van der Waals surface area contributed by atoms with Gasteiger partial charge in [-0.25, -0.2) is 0 Å². The molecule has 2 aromatic rings. The normalized spacial score (nSPS) is 10.5. The van der Waals surface area contributed by atoms with Crippen LogP contribution in [0.25, 0.3) is 0 Å². The van der Waals surface area contributed by atoms with Gasteiger partial charge < -0.3 is 14.8 Å². The minimum absolute atomic E-state index is 0.128. The van der Waals surface area contributed by atoms with Gasteiger partial charge in [0.05, 0.1) is 13.2 Å². The monoisotopic (exact) mass is 349 g/mol. The van der Waals surface area contributed by atoms with Crippen molar-refractivity contribution in [2.24, 2.45) is 0 Å². The Morgan fingerprint density at radius 2 is 1.86 bits per heavy atom. The highest BCUT2D eigenvalue weighted by Crippen LogP contribution is 2.29. The van der Waals surface area contributed by atoms with E-state index in [1.165, 1.54) is 0 Å². The van der Waals surface area contributed by atoms with Crippen LogP contribution in [-0.2, 0) is 6.54 Å². The molecule has 0 aliphatic carbocycles. The second-order valence-corrected chi connectivity index (χ2v) is 5.84. The van der Waals surface area contributed by atoms with Crippen LogP contribution in [0, 0.1) is 0 Å². The summed E-state index contributed by atoms with van der Waals surface area (Å²) < 4.78 is 12.2. The van der Waals surface area contributed by atoms with Crippen LogP contribution in [0.1, 0.15) is 19.4 Å². The average molecular weight is 350 g/mol. The lowest BCUT2D eigenvalue weighted by atomic mass is 10.2. The van der Waals surface area contributed by atoms with Gasteiger partial charge in [-0.2, -0.15) is 0 Å². The van der Waals surface area contributed by atoms with Crippen molar-refractivity contribution >= 4 is 21.6 Å². The third-order valence-electron chi connectivity index (χ3n) is 2.95. The summed E-state index contributed by atoms with van der Waals surface area (Å²) in [5.41, 5.74) is 2.21. The zero-order valence-corrected chi connectivity index (χ0v) is 14.1. The fraction of sp³-hybridized carbons (Fsp3) is 0.294. The van der Waals surface area contributed by atoms with Crippen LogP contribution in [0.15, 0.2) is 46.9 Å². The number of para-hydroxylation sites is 1. The van der Waals surface area contributed by atoms with E-state index in [-0.39, 0.29) is 6.10 Å². The Hall–Kier alpha value is -1.68. The van der Waals surface area contributed by atoms with E-state index < -0.39 is 0 Å². The van der Waals surface area contributed by atoms with Crippen molar-refractivity contribution in [1.29, 1.82) is 0 Å². The maximum atomic E-state index is 5.72. The van der Waals surface area contributed by atoms with Crippen molar-refractivity contribution in [2.75, 3.05) is 12.4 Å². The van der Waals surface area contributed by atoms with E-state index in [1.807, 2.05) is 56.3 Å². The first kappa shape index (κ1) is 15.7. The molecule has 0 aliphatic rings. The van der Waals surface area contributed by atoms with Crippen LogP contribution in [0.4, 0.5) is 5.69 Å². The molecule has 0 aliphatic heterocycles. The first-order chi connectivity index (χ1) is 10.1. The number of nitrogens with one attached hydrogen (secondary N) is 1. The van der Waals surface area contributed by atoms with Gasteiger partial charge >= 0.3 is 0 Å². The zero-order chi connectivity index (χ0) is 15.2. The van der Waals surface area contributed by atoms with Crippen LogP contribution in [0.2, 0.25) is 0 Å². The molecule has 4 heteroatoms. The highest BCUT2D eigenvalue weighted by Gasteiger charge is 2.07. The van der Waals surface area contributed by atoms with E-state index in [0.29, 0.717) is 0 Å². The number of anilines is 1. The smallest absolute Gasteiger partial charge is 0.161 e. The fourth-order valence-corrected chi connectivity index (χ4v) is 2.40. The molecule has 112 valence electrons. The van der Waals surface area contributed by atoms with E-state index in [1.54, 1.807) is 7.11 Å². The number of ether oxygens (including phenoxy) is 2. The topological polar surface area (TPSA) is 30.5 Å². The summed E-state index contributed by atoms with van der Waals surface area (Å²) in [7, 11) is 1.66. The Labute approximate surface area is 134 Å². The van der Waals surface area contributed by atoms with Gasteiger partial charge in [0, 0.05) is 16.7 Å². The second-order valence-electron chi connectivity index (χ2n) is 4.99. The van der Waals surface area contributed by atoms with Gasteiger partial charge in [0.1, 0.15) is 0 Å². The van der Waals surface area contributed by atoms with E-state index in [0.717, 1.165) is 33.8 Å². The molecule has 2 rings (SSSR count). The summed E-state index contributed by atoms with van der Waals surface area (Å²) in [6, 6.07) is 14.1. The molecule has 0 fully saturated rings. The predicted molar refractivity (Wildman–Crippen MR) is 90.2 cm³/mol. The zero-order valence-electron chi connectivity index (χ0n) is 12.5. The molecule has 1 N–H and O–H groups in total. The number of halogens is 1. The van der Waals surface area contributed by atoms with Gasteiger partial charge in [0.2, 0.25) is 0 Å². The quantitative estimate of drug-likeness (QED) is 0.807. The van der Waals surface area contributed by atoms with Crippen molar-refractivity contribution < 1.29 is 9.47 Å². The number of methoxy groups -OCH3 is 1. The summed E-state index contributed by atoms with van der Waals surface area (Å²) in [4.78, 5) is 0. The van der Waals surface area contributed by atoms with Gasteiger partial charge in [-0.05, 0) is 59.6 Å². The molecule has 3 nitrogen and oxygen atoms in total. The van der Waals surface area contributed by atoms with Crippen LogP contribution in [0.5, 0.6) is 11.5 Å². The number of hydrogen-bond donors (Lipinski definition) is 1. The van der Waals surface area contributed by atoms with Crippen LogP contribution in [-0.4, -0.2) is 13.2 Å². The van der Waals surface area contributed by atoms with E-state index in [4.69, 9.17) is 9.47 Å². The highest BCUT2D eigenvalue weighted by molar-refractivity contribution is 9.10. The fourth-order valence-electron chi connectivity index (χ4n) is 1.98. The molecule has 0 heterocycles. The third kappa shape index (κ3) is 4.39. The Balaban J connectivity index is 2.09. The lowest BCUT2D eigenvalue weighted by molar-refractivity contribution is 0.230. The molecule has 0 atom stereocenters. The van der Waals surface area contributed by atoms with Gasteiger partial charge in [-0.3, -0.25) is 0 Å². The Bertz CT molecular complexity index is 599. The second kappa shape index (κ2) is 7.36. The molecule has 0 saturated heterocycles. The lowest BCUT2D eigenvalue weighted by Gasteiger charge is -2.15. The molecule has 21 heavy (non-hydrogen) atoms. The summed E-state index contributed by atoms with van der Waals surface area (Å²) in [5, 5.41) is 3.40. The third-order valence-corrected chi connectivity index (χ3v) is 3.64. The molecule has 0 bridgehead atoms. The highest BCUT2D eigenvalue weighted by atomic mass is 79.9. The lowest BCUT2D eigenvalue weighted by Crippen LogP contribution is -2.07. The number of benzene rings is 2. The standard InChI is InChI=1S/C17H20BrNO2/c1-12(2)21-16-9-8-13(10-17(16)20-3)11-19-15-7-5-4-6-14(15)18/h4-10,12,19H,11H2,1-3H3. The van der Waals surface area contributed by atoms with Crippen molar-refractivity contribution in [3.05, 3.63) is 52.5 Å². The van der Waals surface area contributed by atoms with Gasteiger partial charge in [-0.15, -0.1) is 0 Å². The van der Waals surface area contributed by atoms with Gasteiger partial charge in [0.25, 0.3) is 0 Å². The van der Waals surface area contributed by atoms with Crippen molar-refractivity contribution in [2.45, 2.75) is 26.5 Å². The number of rotatable bonds is 6. The largest absolute Gasteiger partial charge is 0.493 e. The van der Waals surface area contributed by atoms with Crippen LogP contribution < -0.4 is 14.8 Å². The maximum Gasteiger partial charge on any atom is 0.161 e.